The van der Waals surface area contributed by atoms with Gasteiger partial charge >= 0.3 is 0 Å². The Bertz CT molecular complexity index is 1090. The van der Waals surface area contributed by atoms with Gasteiger partial charge in [0.25, 0.3) is 11.1 Å². The second-order valence-electron chi connectivity index (χ2n) is 6.80. The zero-order chi connectivity index (χ0) is 20.3. The summed E-state index contributed by atoms with van der Waals surface area (Å²) in [5, 5.41) is 8.54. The number of benzene rings is 1. The predicted molar refractivity (Wildman–Crippen MR) is 113 cm³/mol. The Balaban J connectivity index is 1.79. The zero-order valence-electron chi connectivity index (χ0n) is 16.4. The fourth-order valence-corrected chi connectivity index (χ4v) is 2.94. The summed E-state index contributed by atoms with van der Waals surface area (Å²) < 4.78 is 2.74. The molecule has 0 aliphatic carbocycles. The first-order valence-electron chi connectivity index (χ1n) is 8.93. The quantitative estimate of drug-likeness (QED) is 0.659. The lowest BCUT2D eigenvalue weighted by molar-refractivity contribution is 0.790. The summed E-state index contributed by atoms with van der Waals surface area (Å²) >= 11 is 0. The molecule has 0 aliphatic rings. The van der Waals surface area contributed by atoms with Crippen molar-refractivity contribution in [3.8, 4) is 0 Å². The van der Waals surface area contributed by atoms with Gasteiger partial charge in [0.2, 0.25) is 0 Å². The number of rotatable bonds is 4. The molecule has 0 spiro atoms. The molecule has 0 radical (unpaired) electrons. The van der Waals surface area contributed by atoms with Gasteiger partial charge in [-0.1, -0.05) is 24.3 Å². The molecule has 2 heterocycles. The van der Waals surface area contributed by atoms with E-state index in [-0.39, 0.29) is 11.1 Å². The molecule has 0 bridgehead atoms. The molecule has 2 aromatic heterocycles. The lowest BCUT2D eigenvalue weighted by Crippen LogP contribution is -2.18. The molecule has 6 nitrogen and oxygen atoms in total. The first-order valence-corrected chi connectivity index (χ1v) is 8.93. The van der Waals surface area contributed by atoms with E-state index in [0.29, 0.717) is 0 Å². The molecule has 3 rings (SSSR count). The summed E-state index contributed by atoms with van der Waals surface area (Å²) in [4.78, 5) is 24.1. The molecule has 6 heteroatoms. The monoisotopic (exact) mass is 374 g/mol. The molecule has 28 heavy (non-hydrogen) atoms. The molecule has 0 saturated heterocycles. The van der Waals surface area contributed by atoms with Gasteiger partial charge in [0.05, 0.1) is 12.4 Å². The number of aromatic nitrogens is 2. The normalized spacial score (nSPS) is 11.6. The fourth-order valence-electron chi connectivity index (χ4n) is 2.94. The van der Waals surface area contributed by atoms with E-state index in [1.807, 2.05) is 64.1 Å². The van der Waals surface area contributed by atoms with Gasteiger partial charge in [-0.05, 0) is 62.1 Å². The van der Waals surface area contributed by atoms with Crippen LogP contribution in [0.25, 0.3) is 0 Å². The molecule has 1 aromatic carbocycles. The van der Waals surface area contributed by atoms with E-state index in [1.54, 1.807) is 24.6 Å². The van der Waals surface area contributed by atoms with Crippen LogP contribution in [-0.4, -0.2) is 21.8 Å². The highest BCUT2D eigenvalue weighted by Gasteiger charge is 2.00. The van der Waals surface area contributed by atoms with Crippen molar-refractivity contribution < 1.29 is 0 Å². The number of hydrogen-bond acceptors (Lipinski definition) is 4. The van der Waals surface area contributed by atoms with Gasteiger partial charge in [-0.25, -0.2) is 9.35 Å². The Morgan fingerprint density at radius 1 is 0.643 bits per heavy atom. The van der Waals surface area contributed by atoms with Gasteiger partial charge in [0.1, 0.15) is 0 Å². The van der Waals surface area contributed by atoms with Gasteiger partial charge in [-0.15, -0.1) is 0 Å². The van der Waals surface area contributed by atoms with Crippen molar-refractivity contribution in [2.75, 3.05) is 0 Å². The predicted octanol–water partition coefficient (Wildman–Crippen LogP) is 3.01. The average Bonchev–Trinajstić information content (AvgIpc) is 2.61. The van der Waals surface area contributed by atoms with E-state index < -0.39 is 0 Å². The van der Waals surface area contributed by atoms with Gasteiger partial charge in [-0.3, -0.25) is 9.59 Å². The van der Waals surface area contributed by atoms with E-state index >= 15 is 0 Å². The first-order chi connectivity index (χ1) is 13.3. The maximum atomic E-state index is 12.0. The summed E-state index contributed by atoms with van der Waals surface area (Å²) in [6, 6.07) is 14.4. The molecular formula is C22H22N4O2. The van der Waals surface area contributed by atoms with Crippen LogP contribution in [0.3, 0.4) is 0 Å². The molecule has 0 amide bonds. The van der Waals surface area contributed by atoms with Crippen molar-refractivity contribution in [1.82, 2.24) is 9.35 Å². The minimum Gasteiger partial charge on any atom is -0.267 e. The molecule has 3 aromatic rings. The fraction of sp³-hybridized carbons (Fsp3) is 0.182. The zero-order valence-corrected chi connectivity index (χ0v) is 16.4. The van der Waals surface area contributed by atoms with Crippen LogP contribution in [0.4, 0.5) is 0 Å². The SMILES string of the molecule is Cc1cc(C)n(/N=C/c2ccc(/C=N/n3c(C)cc(C)cc3=O)cc2)c(=O)c1. The van der Waals surface area contributed by atoms with Crippen LogP contribution in [0.15, 0.2) is 68.3 Å². The van der Waals surface area contributed by atoms with Crippen molar-refractivity contribution in [3.05, 3.63) is 103 Å². The summed E-state index contributed by atoms with van der Waals surface area (Å²) in [5.41, 5.74) is 4.79. The van der Waals surface area contributed by atoms with Crippen LogP contribution >= 0.6 is 0 Å². The van der Waals surface area contributed by atoms with Crippen molar-refractivity contribution in [1.29, 1.82) is 0 Å². The Morgan fingerprint density at radius 2 is 1.00 bits per heavy atom. The van der Waals surface area contributed by atoms with Crippen molar-refractivity contribution in [2.45, 2.75) is 27.7 Å². The summed E-state index contributed by atoms with van der Waals surface area (Å²) in [5.74, 6) is 0. The Morgan fingerprint density at radius 3 is 1.32 bits per heavy atom. The number of pyridine rings is 2. The number of nitrogens with zero attached hydrogens (tertiary/aromatic N) is 4. The first kappa shape index (κ1) is 19.2. The minimum atomic E-state index is -0.156. The molecule has 0 saturated carbocycles. The highest BCUT2D eigenvalue weighted by Crippen LogP contribution is 2.04. The maximum absolute atomic E-state index is 12.0. The second kappa shape index (κ2) is 8.00. The second-order valence-corrected chi connectivity index (χ2v) is 6.80. The van der Waals surface area contributed by atoms with Crippen LogP contribution in [0.1, 0.15) is 33.6 Å². The standard InChI is InChI=1S/C22H22N4O2/c1-15-9-17(3)25(21(27)11-15)23-13-19-5-7-20(8-6-19)14-24-26-18(4)10-16(2)12-22(26)28/h5-14H,1-4H3/b23-13+,24-14+. The van der Waals surface area contributed by atoms with Crippen LogP contribution in [0.5, 0.6) is 0 Å². The highest BCUT2D eigenvalue weighted by atomic mass is 16.1. The third-order valence-electron chi connectivity index (χ3n) is 4.24. The largest absolute Gasteiger partial charge is 0.271 e. The van der Waals surface area contributed by atoms with Gasteiger partial charge in [-0.2, -0.15) is 10.2 Å². The minimum absolute atomic E-state index is 0.156. The van der Waals surface area contributed by atoms with E-state index in [4.69, 9.17) is 0 Å². The van der Waals surface area contributed by atoms with Crippen molar-refractivity contribution >= 4 is 12.4 Å². The van der Waals surface area contributed by atoms with E-state index in [0.717, 1.165) is 33.6 Å². The summed E-state index contributed by atoms with van der Waals surface area (Å²) in [6.45, 7) is 7.46. The van der Waals surface area contributed by atoms with Crippen LogP contribution < -0.4 is 11.1 Å². The Labute approximate surface area is 163 Å². The molecule has 0 aliphatic heterocycles. The number of hydrogen-bond donors (Lipinski definition) is 0. The molecule has 0 fully saturated rings. The van der Waals surface area contributed by atoms with E-state index in [9.17, 15) is 9.59 Å². The Hall–Kier alpha value is -3.54. The summed E-state index contributed by atoms with van der Waals surface area (Å²) in [6.07, 6.45) is 3.28. The Kier molecular flexibility index (Phi) is 5.49. The third-order valence-corrected chi connectivity index (χ3v) is 4.24. The maximum Gasteiger partial charge on any atom is 0.271 e. The van der Waals surface area contributed by atoms with Gasteiger partial charge in [0.15, 0.2) is 0 Å². The lowest BCUT2D eigenvalue weighted by atomic mass is 10.2. The van der Waals surface area contributed by atoms with Gasteiger partial charge in [0, 0.05) is 23.5 Å². The molecule has 142 valence electrons. The molecule has 0 atom stereocenters. The van der Waals surface area contributed by atoms with Crippen molar-refractivity contribution in [3.63, 3.8) is 0 Å². The lowest BCUT2D eigenvalue weighted by Gasteiger charge is -2.04. The van der Waals surface area contributed by atoms with Crippen LogP contribution in [-0.2, 0) is 0 Å². The topological polar surface area (TPSA) is 68.7 Å². The van der Waals surface area contributed by atoms with Crippen LogP contribution in [0.2, 0.25) is 0 Å². The molecular weight excluding hydrogens is 352 g/mol. The van der Waals surface area contributed by atoms with Gasteiger partial charge < -0.3 is 0 Å². The van der Waals surface area contributed by atoms with Crippen LogP contribution in [0, 0.1) is 27.7 Å². The molecule has 0 N–H and O–H groups in total. The average molecular weight is 374 g/mol. The summed E-state index contributed by atoms with van der Waals surface area (Å²) in [7, 11) is 0. The number of aryl methyl sites for hydroxylation is 4. The van der Waals surface area contributed by atoms with E-state index in [1.165, 1.54) is 9.35 Å². The van der Waals surface area contributed by atoms with Crippen molar-refractivity contribution in [2.24, 2.45) is 10.2 Å². The third kappa shape index (κ3) is 4.40. The highest BCUT2D eigenvalue weighted by molar-refractivity contribution is 5.84. The van der Waals surface area contributed by atoms with E-state index in [2.05, 4.69) is 10.2 Å². The smallest absolute Gasteiger partial charge is 0.267 e. The molecule has 0 unspecified atom stereocenters.